The number of fused-ring (bicyclic) bond motifs is 1. The van der Waals surface area contributed by atoms with Crippen molar-refractivity contribution in [1.29, 1.82) is 0 Å². The highest BCUT2D eigenvalue weighted by atomic mass is 79.9. The van der Waals surface area contributed by atoms with Gasteiger partial charge in [-0.2, -0.15) is 0 Å². The zero-order chi connectivity index (χ0) is 19.6. The summed E-state index contributed by atoms with van der Waals surface area (Å²) in [5.74, 6) is -0.126. The van der Waals surface area contributed by atoms with Gasteiger partial charge < -0.3 is 14.6 Å². The molecule has 1 amide bonds. The smallest absolute Gasteiger partial charge is 0.408 e. The Labute approximate surface area is 173 Å². The molecule has 1 aliphatic heterocycles. The Morgan fingerprint density at radius 3 is 2.96 bits per heavy atom. The highest BCUT2D eigenvalue weighted by molar-refractivity contribution is 9.11. The first kappa shape index (κ1) is 19.9. The maximum absolute atomic E-state index is 11.9. The van der Waals surface area contributed by atoms with Crippen molar-refractivity contribution in [2.45, 2.75) is 19.4 Å². The lowest BCUT2D eigenvalue weighted by atomic mass is 9.97. The summed E-state index contributed by atoms with van der Waals surface area (Å²) >= 11 is 10.9. The van der Waals surface area contributed by atoms with Gasteiger partial charge in [0.15, 0.2) is 10.5 Å². The van der Waals surface area contributed by atoms with Crippen molar-refractivity contribution < 1.29 is 24.2 Å². The predicted molar refractivity (Wildman–Crippen MR) is 104 cm³/mol. The number of amides is 1. The monoisotopic (exact) mass is 474 g/mol. The fourth-order valence-corrected chi connectivity index (χ4v) is 4.83. The molecule has 1 unspecified atom stereocenters. The molecule has 0 aliphatic carbocycles. The van der Waals surface area contributed by atoms with Crippen LogP contribution in [0.2, 0.25) is 5.02 Å². The number of halogens is 2. The fourth-order valence-electron chi connectivity index (χ4n) is 2.94. The van der Waals surface area contributed by atoms with E-state index in [1.54, 1.807) is 25.1 Å². The Hall–Kier alpha value is -1.84. The molecule has 2 heterocycles. The highest BCUT2D eigenvalue weighted by Crippen LogP contribution is 2.43. The SMILES string of the molecule is CCOC(=O)COc1ccc(Cl)cc1C1c2sc(Br)nc2CCN1C(=O)O. The molecule has 0 spiro atoms. The third-order valence-corrected chi connectivity index (χ3v) is 5.85. The molecule has 0 radical (unpaired) electrons. The zero-order valence-electron chi connectivity index (χ0n) is 14.3. The van der Waals surface area contributed by atoms with E-state index in [-0.39, 0.29) is 13.2 Å². The van der Waals surface area contributed by atoms with Crippen LogP contribution in [0.1, 0.15) is 29.1 Å². The van der Waals surface area contributed by atoms with Crippen molar-refractivity contribution in [3.05, 3.63) is 43.3 Å². The predicted octanol–water partition coefficient (Wildman–Crippen LogP) is 4.13. The lowest BCUT2D eigenvalue weighted by Gasteiger charge is -2.34. The van der Waals surface area contributed by atoms with Crippen LogP contribution in [-0.2, 0) is 16.0 Å². The number of thiazole rings is 1. The second kappa shape index (κ2) is 8.45. The number of carbonyl (C=O) groups excluding carboxylic acids is 1. The van der Waals surface area contributed by atoms with Crippen molar-refractivity contribution >= 4 is 50.9 Å². The Morgan fingerprint density at radius 2 is 2.26 bits per heavy atom. The molecule has 10 heteroatoms. The van der Waals surface area contributed by atoms with Crippen LogP contribution in [0.5, 0.6) is 5.75 Å². The summed E-state index contributed by atoms with van der Waals surface area (Å²) in [4.78, 5) is 30.1. The zero-order valence-corrected chi connectivity index (χ0v) is 17.4. The normalized spacial score (nSPS) is 16.0. The maximum Gasteiger partial charge on any atom is 0.408 e. The molecule has 1 aromatic carbocycles. The Kier molecular flexibility index (Phi) is 6.23. The highest BCUT2D eigenvalue weighted by Gasteiger charge is 2.36. The minimum Gasteiger partial charge on any atom is -0.482 e. The molecule has 0 fully saturated rings. The van der Waals surface area contributed by atoms with E-state index >= 15 is 0 Å². The van der Waals surface area contributed by atoms with Crippen molar-refractivity contribution in [3.8, 4) is 5.75 Å². The quantitative estimate of drug-likeness (QED) is 0.654. The van der Waals surface area contributed by atoms with Gasteiger partial charge >= 0.3 is 12.1 Å². The number of aromatic nitrogens is 1. The molecule has 3 rings (SSSR count). The van der Waals surface area contributed by atoms with Gasteiger partial charge in [-0.25, -0.2) is 14.6 Å². The number of carbonyl (C=O) groups is 2. The third-order valence-electron chi connectivity index (χ3n) is 4.01. The van der Waals surface area contributed by atoms with Gasteiger partial charge in [0.25, 0.3) is 0 Å². The summed E-state index contributed by atoms with van der Waals surface area (Å²) in [5.41, 5.74) is 1.40. The molecule has 1 N–H and O–H groups in total. The van der Waals surface area contributed by atoms with Gasteiger partial charge in [-0.1, -0.05) is 11.6 Å². The summed E-state index contributed by atoms with van der Waals surface area (Å²) in [6, 6.07) is 4.29. The first-order chi connectivity index (χ1) is 12.9. The largest absolute Gasteiger partial charge is 0.482 e. The number of benzene rings is 1. The number of hydrogen-bond donors (Lipinski definition) is 1. The number of nitrogens with zero attached hydrogens (tertiary/aromatic N) is 2. The summed E-state index contributed by atoms with van der Waals surface area (Å²) in [6.45, 7) is 1.99. The third kappa shape index (κ3) is 4.36. The van der Waals surface area contributed by atoms with Gasteiger partial charge in [0, 0.05) is 23.6 Å². The van der Waals surface area contributed by atoms with Crippen molar-refractivity contribution in [2.75, 3.05) is 19.8 Å². The molecule has 0 saturated heterocycles. The van der Waals surface area contributed by atoms with Crippen LogP contribution in [0.25, 0.3) is 0 Å². The van der Waals surface area contributed by atoms with Gasteiger partial charge in [-0.3, -0.25) is 4.90 Å². The molecular weight excluding hydrogens is 460 g/mol. The summed E-state index contributed by atoms with van der Waals surface area (Å²) in [6.07, 6.45) is -0.522. The Morgan fingerprint density at radius 1 is 1.48 bits per heavy atom. The van der Waals surface area contributed by atoms with Crippen LogP contribution in [0.3, 0.4) is 0 Å². The van der Waals surface area contributed by atoms with Gasteiger partial charge in [0.1, 0.15) is 11.8 Å². The van der Waals surface area contributed by atoms with Crippen LogP contribution < -0.4 is 4.74 Å². The Balaban J connectivity index is 2.03. The van der Waals surface area contributed by atoms with Gasteiger partial charge in [-0.15, -0.1) is 11.3 Å². The number of esters is 1. The Bertz CT molecular complexity index is 875. The molecule has 144 valence electrons. The minimum atomic E-state index is -1.05. The van der Waals surface area contributed by atoms with E-state index in [4.69, 9.17) is 21.1 Å². The molecule has 0 bridgehead atoms. The van der Waals surface area contributed by atoms with E-state index < -0.39 is 18.1 Å². The first-order valence-corrected chi connectivity index (χ1v) is 10.1. The fraction of sp³-hybridized carbons (Fsp3) is 0.353. The molecule has 7 nitrogen and oxygen atoms in total. The average molecular weight is 476 g/mol. The summed E-state index contributed by atoms with van der Waals surface area (Å²) in [5, 5.41) is 10.1. The van der Waals surface area contributed by atoms with E-state index in [1.807, 2.05) is 0 Å². The van der Waals surface area contributed by atoms with E-state index in [9.17, 15) is 14.7 Å². The number of ether oxygens (including phenoxy) is 2. The van der Waals surface area contributed by atoms with Crippen molar-refractivity contribution in [3.63, 3.8) is 0 Å². The van der Waals surface area contributed by atoms with Gasteiger partial charge in [0.05, 0.1) is 17.2 Å². The van der Waals surface area contributed by atoms with Crippen molar-refractivity contribution in [1.82, 2.24) is 9.88 Å². The van der Waals surface area contributed by atoms with Gasteiger partial charge in [0.2, 0.25) is 0 Å². The standard InChI is InChI=1S/C17H16BrClN2O5S/c1-2-25-13(22)8-26-12-4-3-9(19)7-10(12)14-15-11(20-16(18)27-15)5-6-21(14)17(23)24/h3-4,7,14H,2,5-6,8H2,1H3,(H,23,24). The molecular formula is C17H16BrClN2O5S. The van der Waals surface area contributed by atoms with E-state index in [2.05, 4.69) is 20.9 Å². The van der Waals surface area contributed by atoms with Crippen LogP contribution in [-0.4, -0.2) is 46.8 Å². The van der Waals surface area contributed by atoms with E-state index in [1.165, 1.54) is 16.2 Å². The summed E-state index contributed by atoms with van der Waals surface area (Å²) in [7, 11) is 0. The number of rotatable bonds is 5. The molecule has 27 heavy (non-hydrogen) atoms. The van der Waals surface area contributed by atoms with Crippen LogP contribution in [0, 0.1) is 0 Å². The molecule has 1 aliphatic rings. The maximum atomic E-state index is 11.9. The lowest BCUT2D eigenvalue weighted by Crippen LogP contribution is -2.39. The number of hydrogen-bond acceptors (Lipinski definition) is 6. The first-order valence-electron chi connectivity index (χ1n) is 8.13. The van der Waals surface area contributed by atoms with Crippen molar-refractivity contribution in [2.24, 2.45) is 0 Å². The molecule has 1 atom stereocenters. The average Bonchev–Trinajstić information content (AvgIpc) is 3.00. The topological polar surface area (TPSA) is 89.0 Å². The summed E-state index contributed by atoms with van der Waals surface area (Å²) < 4.78 is 11.2. The lowest BCUT2D eigenvalue weighted by molar-refractivity contribution is -0.145. The van der Waals surface area contributed by atoms with Crippen LogP contribution in [0.4, 0.5) is 4.79 Å². The van der Waals surface area contributed by atoms with Crippen LogP contribution >= 0.6 is 38.9 Å². The van der Waals surface area contributed by atoms with E-state index in [0.29, 0.717) is 33.2 Å². The second-order valence-corrected chi connectivity index (χ2v) is 8.43. The molecule has 1 aromatic heterocycles. The molecule has 2 aromatic rings. The molecule has 0 saturated carbocycles. The van der Waals surface area contributed by atoms with Gasteiger partial charge in [-0.05, 0) is 41.1 Å². The van der Waals surface area contributed by atoms with Crippen LogP contribution in [0.15, 0.2) is 22.1 Å². The van der Waals surface area contributed by atoms with E-state index in [0.717, 1.165) is 10.6 Å². The second-order valence-electron chi connectivity index (χ2n) is 5.68. The minimum absolute atomic E-state index is 0.253. The number of carboxylic acid groups (broad SMARTS) is 1.